The fraction of sp³-hybridized carbons (Fsp3) is 0.316. The Morgan fingerprint density at radius 2 is 2.12 bits per heavy atom. The molecule has 4 rings (SSSR count). The third-order valence-electron chi connectivity index (χ3n) is 4.78. The lowest BCUT2D eigenvalue weighted by Crippen LogP contribution is -2.38. The Labute approximate surface area is 159 Å². The third kappa shape index (κ3) is 3.31. The van der Waals surface area contributed by atoms with Gasteiger partial charge in [-0.15, -0.1) is 0 Å². The van der Waals surface area contributed by atoms with Crippen molar-refractivity contribution in [3.63, 3.8) is 0 Å². The molecule has 7 heteroatoms. The highest BCUT2D eigenvalue weighted by molar-refractivity contribution is 9.10. The molecule has 0 saturated carbocycles. The monoisotopic (exact) mass is 414 g/mol. The lowest BCUT2D eigenvalue weighted by atomic mass is 9.95. The van der Waals surface area contributed by atoms with E-state index in [-0.39, 0.29) is 11.8 Å². The van der Waals surface area contributed by atoms with E-state index in [9.17, 15) is 4.79 Å². The number of amides is 1. The molecule has 1 saturated heterocycles. The van der Waals surface area contributed by atoms with Gasteiger partial charge < -0.3 is 14.7 Å². The first kappa shape index (κ1) is 17.0. The van der Waals surface area contributed by atoms with Crippen LogP contribution in [0.5, 0.6) is 0 Å². The first-order valence-electron chi connectivity index (χ1n) is 8.64. The van der Waals surface area contributed by atoms with E-state index in [1.807, 2.05) is 24.4 Å². The minimum atomic E-state index is -0.0110. The number of nitrogens with zero attached hydrogens (tertiary/aromatic N) is 3. The molecule has 0 bridgehead atoms. The summed E-state index contributed by atoms with van der Waals surface area (Å²) in [5, 5.41) is 7.80. The average Bonchev–Trinajstić information content (AvgIpc) is 3.06. The van der Waals surface area contributed by atoms with Crippen molar-refractivity contribution in [2.75, 3.05) is 23.3 Å². The minimum absolute atomic E-state index is 0.0110. The Bertz CT molecular complexity index is 948. The lowest BCUT2D eigenvalue weighted by molar-refractivity contribution is -0.120. The van der Waals surface area contributed by atoms with Crippen LogP contribution in [0.2, 0.25) is 0 Å². The maximum atomic E-state index is 12.4. The van der Waals surface area contributed by atoms with Gasteiger partial charge in [0.2, 0.25) is 5.91 Å². The number of carbonyl (C=O) groups is 1. The highest BCUT2D eigenvalue weighted by Crippen LogP contribution is 2.32. The first-order chi connectivity index (χ1) is 12.6. The molecular weight excluding hydrogens is 396 g/mol. The number of halogens is 1. The Morgan fingerprint density at radius 3 is 2.85 bits per heavy atom. The van der Waals surface area contributed by atoms with Crippen LogP contribution >= 0.6 is 15.9 Å². The summed E-state index contributed by atoms with van der Waals surface area (Å²) in [5.41, 5.74) is 2.13. The van der Waals surface area contributed by atoms with Crippen LogP contribution in [-0.2, 0) is 4.79 Å². The van der Waals surface area contributed by atoms with Crippen LogP contribution in [0.1, 0.15) is 18.6 Å². The number of anilines is 2. The van der Waals surface area contributed by atoms with E-state index in [1.54, 1.807) is 13.0 Å². The lowest BCUT2D eigenvalue weighted by Gasteiger charge is -2.33. The van der Waals surface area contributed by atoms with Gasteiger partial charge in [0.05, 0.1) is 5.52 Å². The van der Waals surface area contributed by atoms with E-state index >= 15 is 0 Å². The summed E-state index contributed by atoms with van der Waals surface area (Å²) in [6, 6.07) is 9.90. The van der Waals surface area contributed by atoms with Gasteiger partial charge in [-0.05, 0) is 47.8 Å². The number of fused-ring (bicyclic) bond motifs is 1. The van der Waals surface area contributed by atoms with Crippen LogP contribution in [0.25, 0.3) is 10.9 Å². The number of carbonyl (C=O) groups excluding carboxylic acids is 1. The molecule has 1 fully saturated rings. The molecule has 1 aliphatic rings. The molecule has 134 valence electrons. The third-order valence-corrected chi connectivity index (χ3v) is 5.42. The first-order valence-corrected chi connectivity index (χ1v) is 9.43. The summed E-state index contributed by atoms with van der Waals surface area (Å²) in [4.78, 5) is 19.3. The Balaban J connectivity index is 1.45. The van der Waals surface area contributed by atoms with Crippen LogP contribution < -0.4 is 10.2 Å². The predicted octanol–water partition coefficient (Wildman–Crippen LogP) is 4.15. The molecule has 0 aliphatic carbocycles. The SMILES string of the molecule is Cc1cc(NC(=O)C2CCN(c3ccnc4c(Br)cccc34)CC2)no1. The number of benzene rings is 1. The second-order valence-corrected chi connectivity index (χ2v) is 7.39. The highest BCUT2D eigenvalue weighted by atomic mass is 79.9. The molecule has 1 aromatic carbocycles. The standard InChI is InChI=1S/C19H19BrN4O2/c1-12-11-17(23-26-12)22-19(25)13-6-9-24(10-7-13)16-5-8-21-18-14(16)3-2-4-15(18)20/h2-5,8,11,13H,6-7,9-10H2,1H3,(H,22,23,25). The summed E-state index contributed by atoms with van der Waals surface area (Å²) in [7, 11) is 0. The Hall–Kier alpha value is -2.41. The Kier molecular flexibility index (Phi) is 4.63. The summed E-state index contributed by atoms with van der Waals surface area (Å²) < 4.78 is 5.99. The smallest absolute Gasteiger partial charge is 0.228 e. The van der Waals surface area contributed by atoms with Crippen LogP contribution in [0.3, 0.4) is 0 Å². The van der Waals surface area contributed by atoms with E-state index in [2.05, 4.69) is 42.4 Å². The molecule has 1 N–H and O–H groups in total. The number of hydrogen-bond donors (Lipinski definition) is 1. The van der Waals surface area contributed by atoms with Crippen LogP contribution in [0.4, 0.5) is 11.5 Å². The van der Waals surface area contributed by atoms with E-state index in [4.69, 9.17) is 4.52 Å². The molecule has 3 heterocycles. The van der Waals surface area contributed by atoms with Gasteiger partial charge in [-0.3, -0.25) is 9.78 Å². The summed E-state index contributed by atoms with van der Waals surface area (Å²) >= 11 is 3.57. The van der Waals surface area contributed by atoms with Crippen molar-refractivity contribution in [1.82, 2.24) is 10.1 Å². The predicted molar refractivity (Wildman–Crippen MR) is 104 cm³/mol. The van der Waals surface area contributed by atoms with Gasteiger partial charge in [0.1, 0.15) is 5.76 Å². The molecule has 2 aromatic heterocycles. The van der Waals surface area contributed by atoms with Gasteiger partial charge in [0.15, 0.2) is 5.82 Å². The Morgan fingerprint density at radius 1 is 1.31 bits per heavy atom. The molecule has 26 heavy (non-hydrogen) atoms. The highest BCUT2D eigenvalue weighted by Gasteiger charge is 2.26. The molecule has 3 aromatic rings. The van der Waals surface area contributed by atoms with E-state index in [1.165, 1.54) is 5.69 Å². The zero-order valence-corrected chi connectivity index (χ0v) is 16.0. The zero-order chi connectivity index (χ0) is 18.1. The fourth-order valence-electron chi connectivity index (χ4n) is 3.44. The molecule has 1 aliphatic heterocycles. The van der Waals surface area contributed by atoms with Gasteiger partial charge in [-0.1, -0.05) is 17.3 Å². The molecule has 0 radical (unpaired) electrons. The van der Waals surface area contributed by atoms with Crippen molar-refractivity contribution in [2.24, 2.45) is 5.92 Å². The fourth-order valence-corrected chi connectivity index (χ4v) is 3.91. The maximum absolute atomic E-state index is 12.4. The van der Waals surface area contributed by atoms with Gasteiger partial charge in [0, 0.05) is 46.8 Å². The van der Waals surface area contributed by atoms with Gasteiger partial charge >= 0.3 is 0 Å². The normalized spacial score (nSPS) is 15.4. The van der Waals surface area contributed by atoms with Crippen molar-refractivity contribution in [2.45, 2.75) is 19.8 Å². The topological polar surface area (TPSA) is 71.3 Å². The number of piperidine rings is 1. The number of para-hydroxylation sites is 1. The van der Waals surface area contributed by atoms with Crippen molar-refractivity contribution in [1.29, 1.82) is 0 Å². The molecule has 6 nitrogen and oxygen atoms in total. The number of rotatable bonds is 3. The van der Waals surface area contributed by atoms with Crippen molar-refractivity contribution in [3.8, 4) is 0 Å². The molecule has 0 atom stereocenters. The maximum Gasteiger partial charge on any atom is 0.228 e. The van der Waals surface area contributed by atoms with E-state index in [0.29, 0.717) is 11.6 Å². The quantitative estimate of drug-likeness (QED) is 0.696. The second-order valence-electron chi connectivity index (χ2n) is 6.54. The number of aryl methyl sites for hydroxylation is 1. The van der Waals surface area contributed by atoms with Gasteiger partial charge in [-0.2, -0.15) is 0 Å². The minimum Gasteiger partial charge on any atom is -0.371 e. The van der Waals surface area contributed by atoms with E-state index in [0.717, 1.165) is 41.3 Å². The summed E-state index contributed by atoms with van der Waals surface area (Å²) in [6.07, 6.45) is 3.45. The van der Waals surface area contributed by atoms with Crippen LogP contribution in [-0.4, -0.2) is 29.1 Å². The summed E-state index contributed by atoms with van der Waals surface area (Å²) in [5.74, 6) is 1.18. The summed E-state index contributed by atoms with van der Waals surface area (Å²) in [6.45, 7) is 3.47. The number of hydrogen-bond acceptors (Lipinski definition) is 5. The number of pyridine rings is 1. The average molecular weight is 415 g/mol. The molecule has 1 amide bonds. The molecule has 0 unspecified atom stereocenters. The number of aromatic nitrogens is 2. The largest absolute Gasteiger partial charge is 0.371 e. The van der Waals surface area contributed by atoms with Crippen LogP contribution in [0.15, 0.2) is 45.5 Å². The zero-order valence-electron chi connectivity index (χ0n) is 14.4. The van der Waals surface area contributed by atoms with Crippen molar-refractivity contribution >= 4 is 44.2 Å². The number of nitrogens with one attached hydrogen (secondary N) is 1. The van der Waals surface area contributed by atoms with E-state index < -0.39 is 0 Å². The van der Waals surface area contributed by atoms with Gasteiger partial charge in [0.25, 0.3) is 0 Å². The van der Waals surface area contributed by atoms with Gasteiger partial charge in [-0.25, -0.2) is 0 Å². The van der Waals surface area contributed by atoms with Crippen molar-refractivity contribution in [3.05, 3.63) is 46.8 Å². The van der Waals surface area contributed by atoms with Crippen LogP contribution in [0, 0.1) is 12.8 Å². The van der Waals surface area contributed by atoms with Crippen molar-refractivity contribution < 1.29 is 9.32 Å². The molecular formula is C19H19BrN4O2. The molecule has 0 spiro atoms. The second kappa shape index (κ2) is 7.07.